The standard InChI is InChI=1S/C22H13BrN2O5/c23-13-5-9-19-17(11-13)18(22(26)27)12-14(24-19)6-7-15-8-10-21(30-15)16-3-1-2-4-20(16)25(28)29/h1-12H,(H,26,27). The number of aromatic carboxylic acids is 1. The highest BCUT2D eigenvalue weighted by Gasteiger charge is 2.17. The minimum Gasteiger partial charge on any atom is -0.478 e. The summed E-state index contributed by atoms with van der Waals surface area (Å²) in [6, 6.07) is 16.4. The lowest BCUT2D eigenvalue weighted by molar-refractivity contribution is -0.384. The molecule has 0 saturated carbocycles. The Morgan fingerprint density at radius 1 is 1.10 bits per heavy atom. The third-order valence-electron chi connectivity index (χ3n) is 4.43. The maximum Gasteiger partial charge on any atom is 0.336 e. The van der Waals surface area contributed by atoms with Crippen molar-refractivity contribution in [1.82, 2.24) is 4.98 Å². The number of furan rings is 1. The van der Waals surface area contributed by atoms with Gasteiger partial charge in [0.25, 0.3) is 5.69 Å². The van der Waals surface area contributed by atoms with Crippen molar-refractivity contribution in [2.24, 2.45) is 0 Å². The molecule has 30 heavy (non-hydrogen) atoms. The summed E-state index contributed by atoms with van der Waals surface area (Å²) < 4.78 is 6.49. The fourth-order valence-corrected chi connectivity index (χ4v) is 3.44. The van der Waals surface area contributed by atoms with E-state index in [1.807, 2.05) is 0 Å². The molecule has 0 spiro atoms. The van der Waals surface area contributed by atoms with Crippen molar-refractivity contribution in [3.05, 3.63) is 92.3 Å². The maximum atomic E-state index is 11.7. The van der Waals surface area contributed by atoms with E-state index in [2.05, 4.69) is 20.9 Å². The summed E-state index contributed by atoms with van der Waals surface area (Å²) in [6.45, 7) is 0. The van der Waals surface area contributed by atoms with Crippen LogP contribution in [0.15, 0.2) is 69.6 Å². The predicted molar refractivity (Wildman–Crippen MR) is 116 cm³/mol. The third kappa shape index (κ3) is 3.85. The highest BCUT2D eigenvalue weighted by Crippen LogP contribution is 2.31. The lowest BCUT2D eigenvalue weighted by atomic mass is 10.1. The van der Waals surface area contributed by atoms with Gasteiger partial charge in [0.05, 0.1) is 27.3 Å². The van der Waals surface area contributed by atoms with Gasteiger partial charge in [-0.1, -0.05) is 28.1 Å². The molecule has 4 aromatic rings. The van der Waals surface area contributed by atoms with E-state index in [1.54, 1.807) is 60.7 Å². The summed E-state index contributed by atoms with van der Waals surface area (Å²) >= 11 is 3.34. The molecule has 0 bridgehead atoms. The number of rotatable bonds is 5. The molecule has 148 valence electrons. The van der Waals surface area contributed by atoms with E-state index < -0.39 is 10.9 Å². The van der Waals surface area contributed by atoms with Crippen LogP contribution in [0.2, 0.25) is 0 Å². The van der Waals surface area contributed by atoms with Gasteiger partial charge in [-0.15, -0.1) is 0 Å². The van der Waals surface area contributed by atoms with Crippen LogP contribution >= 0.6 is 15.9 Å². The first-order valence-corrected chi connectivity index (χ1v) is 9.57. The Kier molecular flexibility index (Phi) is 5.16. The van der Waals surface area contributed by atoms with Crippen LogP contribution in [-0.4, -0.2) is 21.0 Å². The Bertz CT molecular complexity index is 1330. The number of aromatic nitrogens is 1. The largest absolute Gasteiger partial charge is 0.478 e. The average Bonchev–Trinajstić information content (AvgIpc) is 3.20. The lowest BCUT2D eigenvalue weighted by Crippen LogP contribution is -2.00. The molecule has 0 radical (unpaired) electrons. The number of benzene rings is 2. The van der Waals surface area contributed by atoms with Crippen LogP contribution < -0.4 is 0 Å². The van der Waals surface area contributed by atoms with Crippen molar-refractivity contribution in [3.8, 4) is 11.3 Å². The summed E-state index contributed by atoms with van der Waals surface area (Å²) in [7, 11) is 0. The van der Waals surface area contributed by atoms with Gasteiger partial charge < -0.3 is 9.52 Å². The van der Waals surface area contributed by atoms with E-state index in [0.29, 0.717) is 33.7 Å². The van der Waals surface area contributed by atoms with Gasteiger partial charge >= 0.3 is 5.97 Å². The number of halogens is 1. The van der Waals surface area contributed by atoms with E-state index in [9.17, 15) is 20.0 Å². The fourth-order valence-electron chi connectivity index (χ4n) is 3.08. The molecule has 1 N–H and O–H groups in total. The summed E-state index contributed by atoms with van der Waals surface area (Å²) in [5.41, 5.74) is 1.48. The molecule has 0 unspecified atom stereocenters. The van der Waals surface area contributed by atoms with Gasteiger partial charge in [0.2, 0.25) is 0 Å². The van der Waals surface area contributed by atoms with Crippen LogP contribution in [0, 0.1) is 10.1 Å². The number of nitro benzene ring substituents is 1. The van der Waals surface area contributed by atoms with Crippen LogP contribution in [0.3, 0.4) is 0 Å². The Hall–Kier alpha value is -3.78. The monoisotopic (exact) mass is 464 g/mol. The van der Waals surface area contributed by atoms with Crippen molar-refractivity contribution in [3.63, 3.8) is 0 Å². The van der Waals surface area contributed by atoms with E-state index in [1.165, 1.54) is 12.1 Å². The topological polar surface area (TPSA) is 106 Å². The van der Waals surface area contributed by atoms with Gasteiger partial charge in [0.1, 0.15) is 11.5 Å². The zero-order valence-electron chi connectivity index (χ0n) is 15.3. The number of fused-ring (bicyclic) bond motifs is 1. The predicted octanol–water partition coefficient (Wildman–Crippen LogP) is 6.03. The normalized spacial score (nSPS) is 11.2. The van der Waals surface area contributed by atoms with Gasteiger partial charge in [0.15, 0.2) is 0 Å². The smallest absolute Gasteiger partial charge is 0.336 e. The Balaban J connectivity index is 1.69. The molecular formula is C22H13BrN2O5. The van der Waals surface area contributed by atoms with Crippen molar-refractivity contribution in [2.45, 2.75) is 0 Å². The Morgan fingerprint density at radius 2 is 1.90 bits per heavy atom. The van der Waals surface area contributed by atoms with Crippen LogP contribution in [0.5, 0.6) is 0 Å². The van der Waals surface area contributed by atoms with Crippen molar-refractivity contribution in [2.75, 3.05) is 0 Å². The van der Waals surface area contributed by atoms with Crippen LogP contribution in [0.4, 0.5) is 5.69 Å². The molecule has 7 nitrogen and oxygen atoms in total. The molecule has 4 rings (SSSR count). The average molecular weight is 465 g/mol. The van der Waals surface area contributed by atoms with Crippen LogP contribution in [0.1, 0.15) is 21.8 Å². The zero-order valence-corrected chi connectivity index (χ0v) is 16.9. The summed E-state index contributed by atoms with van der Waals surface area (Å²) in [6.07, 6.45) is 3.27. The van der Waals surface area contributed by atoms with Gasteiger partial charge in [0, 0.05) is 15.9 Å². The number of hydrogen-bond acceptors (Lipinski definition) is 5. The molecule has 2 aromatic carbocycles. The maximum absolute atomic E-state index is 11.7. The van der Waals surface area contributed by atoms with Gasteiger partial charge in [-0.3, -0.25) is 10.1 Å². The molecule has 0 fully saturated rings. The number of hydrogen-bond donors (Lipinski definition) is 1. The van der Waals surface area contributed by atoms with Crippen LogP contribution in [0.25, 0.3) is 34.4 Å². The van der Waals surface area contributed by atoms with Gasteiger partial charge in [-0.05, 0) is 54.6 Å². The molecular weight excluding hydrogens is 452 g/mol. The van der Waals surface area contributed by atoms with Gasteiger partial charge in [-0.25, -0.2) is 9.78 Å². The highest BCUT2D eigenvalue weighted by molar-refractivity contribution is 9.10. The molecule has 0 aliphatic rings. The minimum atomic E-state index is -1.05. The Labute approximate surface area is 178 Å². The van der Waals surface area contributed by atoms with Gasteiger partial charge in [-0.2, -0.15) is 0 Å². The summed E-state index contributed by atoms with van der Waals surface area (Å²) in [5.74, 6) is -0.228. The second-order valence-electron chi connectivity index (χ2n) is 6.37. The molecule has 0 saturated heterocycles. The lowest BCUT2D eigenvalue weighted by Gasteiger charge is -2.05. The highest BCUT2D eigenvalue weighted by atomic mass is 79.9. The number of para-hydroxylation sites is 1. The second-order valence-corrected chi connectivity index (χ2v) is 7.29. The first kappa shape index (κ1) is 19.5. The molecule has 2 aromatic heterocycles. The van der Waals surface area contributed by atoms with E-state index in [-0.39, 0.29) is 11.3 Å². The number of carboxylic acids is 1. The van der Waals surface area contributed by atoms with Crippen molar-refractivity contribution < 1.29 is 19.2 Å². The molecule has 2 heterocycles. The summed E-state index contributed by atoms with van der Waals surface area (Å²) in [5, 5.41) is 21.3. The quantitative estimate of drug-likeness (QED) is 0.285. The van der Waals surface area contributed by atoms with E-state index in [4.69, 9.17) is 4.42 Å². The van der Waals surface area contributed by atoms with E-state index in [0.717, 1.165) is 4.47 Å². The molecule has 0 atom stereocenters. The molecule has 0 amide bonds. The van der Waals surface area contributed by atoms with Crippen LogP contribution in [-0.2, 0) is 0 Å². The fraction of sp³-hybridized carbons (Fsp3) is 0. The van der Waals surface area contributed by atoms with E-state index >= 15 is 0 Å². The first-order valence-electron chi connectivity index (χ1n) is 8.78. The Morgan fingerprint density at radius 3 is 2.67 bits per heavy atom. The van der Waals surface area contributed by atoms with Crippen molar-refractivity contribution >= 4 is 50.6 Å². The SMILES string of the molecule is O=C(O)c1cc(C=Cc2ccc(-c3ccccc3[N+](=O)[O-])o2)nc2ccc(Br)cc12. The number of pyridine rings is 1. The third-order valence-corrected chi connectivity index (χ3v) is 4.93. The second kappa shape index (κ2) is 7.92. The zero-order chi connectivity index (χ0) is 21.3. The first-order chi connectivity index (χ1) is 14.4. The summed E-state index contributed by atoms with van der Waals surface area (Å²) in [4.78, 5) is 26.9. The number of carbonyl (C=O) groups is 1. The van der Waals surface area contributed by atoms with Crippen molar-refractivity contribution in [1.29, 1.82) is 0 Å². The molecule has 8 heteroatoms. The number of nitro groups is 1. The number of nitrogens with zero attached hydrogens (tertiary/aromatic N) is 2. The molecule has 0 aliphatic carbocycles. The molecule has 0 aliphatic heterocycles. The number of carboxylic acid groups (broad SMARTS) is 1. The minimum absolute atomic E-state index is 0.0455.